The van der Waals surface area contributed by atoms with E-state index in [0.717, 1.165) is 46.4 Å². The highest BCUT2D eigenvalue weighted by Gasteiger charge is 2.33. The summed E-state index contributed by atoms with van der Waals surface area (Å²) in [6.45, 7) is -0.552. The van der Waals surface area contributed by atoms with Gasteiger partial charge < -0.3 is 25.2 Å². The molecule has 1 saturated carbocycles. The third-order valence-corrected chi connectivity index (χ3v) is 6.79. The summed E-state index contributed by atoms with van der Waals surface area (Å²) in [5.74, 6) is -1.57. The Kier molecular flexibility index (Phi) is 7.47. The number of aliphatic hydroxyl groups excluding tert-OH is 1. The van der Waals surface area contributed by atoms with Crippen LogP contribution in [0.1, 0.15) is 42.7 Å². The van der Waals surface area contributed by atoms with Gasteiger partial charge in [-0.25, -0.2) is 4.79 Å². The van der Waals surface area contributed by atoms with E-state index in [1.165, 1.54) is 0 Å². The second-order valence-corrected chi connectivity index (χ2v) is 8.90. The van der Waals surface area contributed by atoms with Gasteiger partial charge in [0, 0.05) is 24.9 Å². The molecule has 0 aromatic heterocycles. The Balaban J connectivity index is 1.34. The molecule has 2 aliphatic carbocycles. The first-order valence-electron chi connectivity index (χ1n) is 11.7. The molecule has 3 N–H and O–H groups in total. The standard InChI is InChI=1S/C26H30N2O6/c29-13-12-28(15-25(31)32)24(30)14-17-6-5-11-23(17)27-26(33)34-16-22-20-9-3-1-7-18(20)19-8-2-4-10-21(19)22/h1-4,7-10,17,22-23,29H,5-6,11-16H2,(H,27,33)(H,31,32). The van der Waals surface area contributed by atoms with Gasteiger partial charge in [0.15, 0.2) is 0 Å². The van der Waals surface area contributed by atoms with Gasteiger partial charge in [-0.15, -0.1) is 0 Å². The summed E-state index contributed by atoms with van der Waals surface area (Å²) >= 11 is 0. The van der Waals surface area contributed by atoms with Crippen molar-refractivity contribution in [1.82, 2.24) is 10.2 Å². The lowest BCUT2D eigenvalue weighted by molar-refractivity contribution is -0.145. The van der Waals surface area contributed by atoms with Crippen molar-refractivity contribution in [3.8, 4) is 11.1 Å². The van der Waals surface area contributed by atoms with Crippen LogP contribution in [0.5, 0.6) is 0 Å². The van der Waals surface area contributed by atoms with Crippen molar-refractivity contribution in [3.63, 3.8) is 0 Å². The van der Waals surface area contributed by atoms with E-state index >= 15 is 0 Å². The Labute approximate surface area is 198 Å². The molecule has 0 spiro atoms. The molecule has 4 rings (SSSR count). The number of rotatable bonds is 9. The van der Waals surface area contributed by atoms with Crippen molar-refractivity contribution in [2.45, 2.75) is 37.6 Å². The maximum absolute atomic E-state index is 12.7. The number of carboxylic acids is 1. The number of amides is 2. The predicted octanol–water partition coefficient (Wildman–Crippen LogP) is 2.99. The molecule has 0 bridgehead atoms. The van der Waals surface area contributed by atoms with Crippen LogP contribution in [0.2, 0.25) is 0 Å². The molecule has 180 valence electrons. The predicted molar refractivity (Wildman–Crippen MR) is 125 cm³/mol. The lowest BCUT2D eigenvalue weighted by Gasteiger charge is -2.25. The normalized spacial score (nSPS) is 18.7. The second-order valence-electron chi connectivity index (χ2n) is 8.90. The summed E-state index contributed by atoms with van der Waals surface area (Å²) in [5, 5.41) is 21.1. The van der Waals surface area contributed by atoms with Crippen LogP contribution in [0.4, 0.5) is 4.79 Å². The number of aliphatic carboxylic acids is 1. The molecule has 0 heterocycles. The number of nitrogens with one attached hydrogen (secondary N) is 1. The highest BCUT2D eigenvalue weighted by atomic mass is 16.5. The van der Waals surface area contributed by atoms with Crippen LogP contribution >= 0.6 is 0 Å². The second kappa shape index (κ2) is 10.7. The number of fused-ring (bicyclic) bond motifs is 3. The lowest BCUT2D eigenvalue weighted by atomic mass is 9.98. The maximum Gasteiger partial charge on any atom is 0.407 e. The van der Waals surface area contributed by atoms with Crippen LogP contribution in [-0.4, -0.2) is 65.4 Å². The Bertz CT molecular complexity index is 1010. The topological polar surface area (TPSA) is 116 Å². The van der Waals surface area contributed by atoms with Crippen molar-refractivity contribution >= 4 is 18.0 Å². The molecular formula is C26H30N2O6. The van der Waals surface area contributed by atoms with E-state index in [2.05, 4.69) is 29.6 Å². The van der Waals surface area contributed by atoms with E-state index in [-0.39, 0.29) is 50.0 Å². The average Bonchev–Trinajstić information content (AvgIpc) is 3.39. The van der Waals surface area contributed by atoms with Gasteiger partial charge in [0.2, 0.25) is 5.91 Å². The number of benzene rings is 2. The number of alkyl carbamates (subject to hydrolysis) is 1. The first kappa shape index (κ1) is 23.8. The molecule has 0 radical (unpaired) electrons. The number of hydrogen-bond donors (Lipinski definition) is 3. The fourth-order valence-corrected chi connectivity index (χ4v) is 5.19. The Morgan fingerprint density at radius 3 is 2.26 bits per heavy atom. The fraction of sp³-hybridized carbons (Fsp3) is 0.423. The largest absolute Gasteiger partial charge is 0.480 e. The maximum atomic E-state index is 12.7. The van der Waals surface area contributed by atoms with Gasteiger partial charge in [-0.05, 0) is 41.0 Å². The van der Waals surface area contributed by atoms with Crippen molar-refractivity contribution in [2.75, 3.05) is 26.3 Å². The smallest absolute Gasteiger partial charge is 0.407 e. The molecule has 2 atom stereocenters. The van der Waals surface area contributed by atoms with Gasteiger partial charge in [0.25, 0.3) is 0 Å². The molecule has 2 amide bonds. The van der Waals surface area contributed by atoms with Crippen LogP contribution in [0.25, 0.3) is 11.1 Å². The Morgan fingerprint density at radius 2 is 1.65 bits per heavy atom. The zero-order valence-electron chi connectivity index (χ0n) is 19.0. The summed E-state index contributed by atoms with van der Waals surface area (Å²) in [5.41, 5.74) is 4.61. The van der Waals surface area contributed by atoms with E-state index in [9.17, 15) is 14.4 Å². The molecule has 34 heavy (non-hydrogen) atoms. The third kappa shape index (κ3) is 5.22. The minimum atomic E-state index is -1.12. The number of nitrogens with zero attached hydrogens (tertiary/aromatic N) is 1. The number of hydrogen-bond acceptors (Lipinski definition) is 5. The highest BCUT2D eigenvalue weighted by molar-refractivity contribution is 5.82. The van der Waals surface area contributed by atoms with Crippen LogP contribution in [0, 0.1) is 5.92 Å². The Morgan fingerprint density at radius 1 is 1.00 bits per heavy atom. The van der Waals surface area contributed by atoms with Crippen molar-refractivity contribution in [1.29, 1.82) is 0 Å². The summed E-state index contributed by atoms with van der Waals surface area (Å²) < 4.78 is 5.64. The molecular weight excluding hydrogens is 436 g/mol. The van der Waals surface area contributed by atoms with Crippen LogP contribution in [0.15, 0.2) is 48.5 Å². The first-order valence-corrected chi connectivity index (χ1v) is 11.7. The van der Waals surface area contributed by atoms with E-state index in [1.54, 1.807) is 0 Å². The molecule has 0 aliphatic heterocycles. The van der Waals surface area contributed by atoms with Gasteiger partial charge in [0.1, 0.15) is 13.2 Å². The summed E-state index contributed by atoms with van der Waals surface area (Å²) in [6.07, 6.45) is 1.98. The van der Waals surface area contributed by atoms with Gasteiger partial charge in [-0.1, -0.05) is 55.0 Å². The third-order valence-electron chi connectivity index (χ3n) is 6.79. The summed E-state index contributed by atoms with van der Waals surface area (Å²) in [4.78, 5) is 37.4. The minimum Gasteiger partial charge on any atom is -0.480 e. The molecule has 8 nitrogen and oxygen atoms in total. The molecule has 2 aromatic carbocycles. The zero-order chi connectivity index (χ0) is 24.1. The average molecular weight is 467 g/mol. The van der Waals surface area contributed by atoms with Gasteiger partial charge in [-0.2, -0.15) is 0 Å². The van der Waals surface area contributed by atoms with E-state index in [0.29, 0.717) is 0 Å². The monoisotopic (exact) mass is 466 g/mol. The highest BCUT2D eigenvalue weighted by Crippen LogP contribution is 2.44. The summed E-state index contributed by atoms with van der Waals surface area (Å²) in [6, 6.07) is 16.1. The quantitative estimate of drug-likeness (QED) is 0.523. The van der Waals surface area contributed by atoms with Crippen molar-refractivity contribution in [2.24, 2.45) is 5.92 Å². The van der Waals surface area contributed by atoms with E-state index < -0.39 is 18.6 Å². The number of carboxylic acid groups (broad SMARTS) is 1. The number of aliphatic hydroxyl groups is 1. The van der Waals surface area contributed by atoms with Crippen LogP contribution < -0.4 is 5.32 Å². The molecule has 2 unspecified atom stereocenters. The van der Waals surface area contributed by atoms with Gasteiger partial charge in [-0.3, -0.25) is 9.59 Å². The van der Waals surface area contributed by atoms with Crippen LogP contribution in [0.3, 0.4) is 0 Å². The van der Waals surface area contributed by atoms with Gasteiger partial charge >= 0.3 is 12.1 Å². The molecule has 1 fully saturated rings. The van der Waals surface area contributed by atoms with E-state index in [1.807, 2.05) is 24.3 Å². The number of carbonyl (C=O) groups excluding carboxylic acids is 2. The molecule has 8 heteroatoms. The van der Waals surface area contributed by atoms with Crippen molar-refractivity contribution in [3.05, 3.63) is 59.7 Å². The number of carbonyl (C=O) groups is 3. The fourth-order valence-electron chi connectivity index (χ4n) is 5.19. The summed E-state index contributed by atoms with van der Waals surface area (Å²) in [7, 11) is 0. The van der Waals surface area contributed by atoms with Gasteiger partial charge in [0.05, 0.1) is 6.61 Å². The Hall–Kier alpha value is -3.39. The zero-order valence-corrected chi connectivity index (χ0v) is 19.0. The van der Waals surface area contributed by atoms with Crippen molar-refractivity contribution < 1.29 is 29.3 Å². The lowest BCUT2D eigenvalue weighted by Crippen LogP contribution is -2.42. The molecule has 2 aliphatic rings. The first-order chi connectivity index (χ1) is 16.5. The minimum absolute atomic E-state index is 0.0255. The molecule has 2 aromatic rings. The molecule has 0 saturated heterocycles. The van der Waals surface area contributed by atoms with E-state index in [4.69, 9.17) is 14.9 Å². The SMILES string of the molecule is O=C(O)CN(CCO)C(=O)CC1CCCC1NC(=O)OCC1c2ccccc2-c2ccccc21. The van der Waals surface area contributed by atoms with Crippen LogP contribution in [-0.2, 0) is 14.3 Å². The number of ether oxygens (including phenoxy) is 1.